The van der Waals surface area contributed by atoms with Crippen molar-refractivity contribution in [3.63, 3.8) is 0 Å². The quantitative estimate of drug-likeness (QED) is 0.927. The van der Waals surface area contributed by atoms with Crippen LogP contribution in [0, 0.1) is 12.8 Å². The first-order valence-corrected chi connectivity index (χ1v) is 9.03. The topological polar surface area (TPSA) is 35.6 Å². The molecule has 1 amide bonds. The van der Waals surface area contributed by atoms with E-state index in [1.54, 1.807) is 0 Å². The lowest BCUT2D eigenvalue weighted by atomic mass is 9.93. The number of hydrogen-bond donors (Lipinski definition) is 1. The smallest absolute Gasteiger partial charge is 0.222 e. The van der Waals surface area contributed by atoms with Gasteiger partial charge < -0.3 is 15.1 Å². The third-order valence-electron chi connectivity index (χ3n) is 5.31. The van der Waals surface area contributed by atoms with Crippen LogP contribution in [0.15, 0.2) is 24.3 Å². The maximum Gasteiger partial charge on any atom is 0.222 e. The summed E-state index contributed by atoms with van der Waals surface area (Å²) in [6.07, 6.45) is 4.26. The van der Waals surface area contributed by atoms with E-state index in [1.807, 2.05) is 0 Å². The summed E-state index contributed by atoms with van der Waals surface area (Å²) in [5.41, 5.74) is 2.63. The lowest BCUT2D eigenvalue weighted by Gasteiger charge is -2.37. The Morgan fingerprint density at radius 2 is 1.83 bits per heavy atom. The monoisotopic (exact) mass is 315 g/mol. The van der Waals surface area contributed by atoms with E-state index in [4.69, 9.17) is 0 Å². The lowest BCUT2D eigenvalue weighted by molar-refractivity contribution is -0.131. The first kappa shape index (κ1) is 16.3. The number of benzene rings is 1. The molecule has 4 heteroatoms. The van der Waals surface area contributed by atoms with Gasteiger partial charge in [0.05, 0.1) is 0 Å². The molecular weight excluding hydrogens is 286 g/mol. The molecule has 1 aromatic rings. The molecule has 0 spiro atoms. The third kappa shape index (κ3) is 4.25. The number of piperazine rings is 1. The molecule has 23 heavy (non-hydrogen) atoms. The molecule has 2 aliphatic rings. The lowest BCUT2D eigenvalue weighted by Crippen LogP contribution is -2.49. The van der Waals surface area contributed by atoms with E-state index in [0.29, 0.717) is 5.91 Å². The molecule has 126 valence electrons. The molecule has 0 atom stereocenters. The Bertz CT molecular complexity index is 517. The zero-order valence-corrected chi connectivity index (χ0v) is 14.3. The normalized spacial score (nSPS) is 19.9. The zero-order valence-electron chi connectivity index (χ0n) is 14.3. The number of nitrogens with zero attached hydrogens (tertiary/aromatic N) is 2. The van der Waals surface area contributed by atoms with Gasteiger partial charge in [0.1, 0.15) is 0 Å². The highest BCUT2D eigenvalue weighted by molar-refractivity contribution is 5.76. The van der Waals surface area contributed by atoms with Crippen LogP contribution >= 0.6 is 0 Å². The van der Waals surface area contributed by atoms with Crippen LogP contribution in [0.25, 0.3) is 0 Å². The zero-order chi connectivity index (χ0) is 16.1. The molecule has 2 saturated heterocycles. The highest BCUT2D eigenvalue weighted by Crippen LogP contribution is 2.22. The Morgan fingerprint density at radius 3 is 2.52 bits per heavy atom. The second kappa shape index (κ2) is 7.82. The van der Waals surface area contributed by atoms with Crippen molar-refractivity contribution in [3.8, 4) is 0 Å². The average Bonchev–Trinajstić information content (AvgIpc) is 2.61. The molecule has 2 heterocycles. The fourth-order valence-electron chi connectivity index (χ4n) is 3.77. The van der Waals surface area contributed by atoms with Gasteiger partial charge in [-0.1, -0.05) is 18.2 Å². The average molecular weight is 315 g/mol. The minimum absolute atomic E-state index is 0.355. The van der Waals surface area contributed by atoms with Crippen LogP contribution in [0.4, 0.5) is 5.69 Å². The van der Waals surface area contributed by atoms with Crippen molar-refractivity contribution in [2.24, 2.45) is 5.92 Å². The van der Waals surface area contributed by atoms with Crippen molar-refractivity contribution in [3.05, 3.63) is 29.8 Å². The van der Waals surface area contributed by atoms with E-state index < -0.39 is 0 Å². The van der Waals surface area contributed by atoms with Gasteiger partial charge in [0.15, 0.2) is 0 Å². The Hall–Kier alpha value is -1.55. The summed E-state index contributed by atoms with van der Waals surface area (Å²) in [5.74, 6) is 1.10. The van der Waals surface area contributed by atoms with Gasteiger partial charge >= 0.3 is 0 Å². The van der Waals surface area contributed by atoms with E-state index in [1.165, 1.54) is 24.1 Å². The van der Waals surface area contributed by atoms with Gasteiger partial charge in [-0.2, -0.15) is 0 Å². The summed E-state index contributed by atoms with van der Waals surface area (Å²) in [6.45, 7) is 8.01. The standard InChI is InChI=1S/C19H29N3O/c1-16-4-2-3-5-18(16)21-12-14-22(15-13-21)19(23)7-6-17-8-10-20-11-9-17/h2-5,17,20H,6-15H2,1H3. The number of carbonyl (C=O) groups is 1. The molecule has 1 aromatic carbocycles. The van der Waals surface area contributed by atoms with Crippen molar-refractivity contribution in [2.75, 3.05) is 44.2 Å². The molecule has 0 aromatic heterocycles. The fraction of sp³-hybridized carbons (Fsp3) is 0.632. The predicted octanol–water partition coefficient (Wildman–Crippen LogP) is 2.42. The van der Waals surface area contributed by atoms with Crippen LogP contribution in [0.1, 0.15) is 31.2 Å². The number of rotatable bonds is 4. The van der Waals surface area contributed by atoms with Crippen LogP contribution in [-0.4, -0.2) is 50.1 Å². The molecule has 0 saturated carbocycles. The fourth-order valence-corrected chi connectivity index (χ4v) is 3.77. The maximum absolute atomic E-state index is 12.4. The van der Waals surface area contributed by atoms with Crippen molar-refractivity contribution in [1.82, 2.24) is 10.2 Å². The number of carbonyl (C=O) groups excluding carboxylic acids is 1. The van der Waals surface area contributed by atoms with E-state index in [2.05, 4.69) is 46.3 Å². The van der Waals surface area contributed by atoms with Gasteiger partial charge in [-0.15, -0.1) is 0 Å². The van der Waals surface area contributed by atoms with Crippen molar-refractivity contribution < 1.29 is 4.79 Å². The molecule has 0 bridgehead atoms. The van der Waals surface area contributed by atoms with Crippen molar-refractivity contribution >= 4 is 11.6 Å². The summed E-state index contributed by atoms with van der Waals surface area (Å²) >= 11 is 0. The second-order valence-corrected chi connectivity index (χ2v) is 6.89. The van der Waals surface area contributed by atoms with Gasteiger partial charge in [0.25, 0.3) is 0 Å². The van der Waals surface area contributed by atoms with Gasteiger partial charge in [0.2, 0.25) is 5.91 Å². The minimum atomic E-state index is 0.355. The van der Waals surface area contributed by atoms with E-state index in [0.717, 1.165) is 58.0 Å². The highest BCUT2D eigenvalue weighted by Gasteiger charge is 2.23. The third-order valence-corrected chi connectivity index (χ3v) is 5.31. The minimum Gasteiger partial charge on any atom is -0.368 e. The second-order valence-electron chi connectivity index (χ2n) is 6.89. The van der Waals surface area contributed by atoms with Crippen LogP contribution in [0.5, 0.6) is 0 Å². The Balaban J connectivity index is 1.45. The van der Waals surface area contributed by atoms with E-state index in [9.17, 15) is 4.79 Å². The Kier molecular flexibility index (Phi) is 5.55. The summed E-state index contributed by atoms with van der Waals surface area (Å²) in [4.78, 5) is 16.9. The number of aryl methyl sites for hydroxylation is 1. The van der Waals surface area contributed by atoms with E-state index >= 15 is 0 Å². The predicted molar refractivity (Wildman–Crippen MR) is 94.8 cm³/mol. The van der Waals surface area contributed by atoms with Gasteiger partial charge in [-0.25, -0.2) is 0 Å². The van der Waals surface area contributed by atoms with Crippen LogP contribution in [0.2, 0.25) is 0 Å². The number of nitrogens with one attached hydrogen (secondary N) is 1. The molecule has 3 rings (SSSR count). The van der Waals surface area contributed by atoms with Crippen LogP contribution in [-0.2, 0) is 4.79 Å². The van der Waals surface area contributed by atoms with Crippen molar-refractivity contribution in [1.29, 1.82) is 0 Å². The summed E-state index contributed by atoms with van der Waals surface area (Å²) in [6, 6.07) is 8.52. The first-order valence-electron chi connectivity index (χ1n) is 9.03. The Morgan fingerprint density at radius 1 is 1.13 bits per heavy atom. The summed E-state index contributed by atoms with van der Waals surface area (Å²) in [7, 11) is 0. The number of piperidine rings is 1. The number of amides is 1. The summed E-state index contributed by atoms with van der Waals surface area (Å²) < 4.78 is 0. The molecule has 0 radical (unpaired) electrons. The SMILES string of the molecule is Cc1ccccc1N1CCN(C(=O)CCC2CCNCC2)CC1. The molecule has 2 aliphatic heterocycles. The number of anilines is 1. The molecular formula is C19H29N3O. The highest BCUT2D eigenvalue weighted by atomic mass is 16.2. The van der Waals surface area contributed by atoms with Gasteiger partial charge in [-0.05, 0) is 56.8 Å². The first-order chi connectivity index (χ1) is 11.2. The van der Waals surface area contributed by atoms with Crippen LogP contribution in [0.3, 0.4) is 0 Å². The largest absolute Gasteiger partial charge is 0.368 e. The van der Waals surface area contributed by atoms with Crippen molar-refractivity contribution in [2.45, 2.75) is 32.6 Å². The van der Waals surface area contributed by atoms with Gasteiger partial charge in [-0.3, -0.25) is 4.79 Å². The van der Waals surface area contributed by atoms with E-state index in [-0.39, 0.29) is 0 Å². The molecule has 0 aliphatic carbocycles. The molecule has 1 N–H and O–H groups in total. The Labute approximate surface area is 139 Å². The number of para-hydroxylation sites is 1. The molecule has 2 fully saturated rings. The van der Waals surface area contributed by atoms with Gasteiger partial charge in [0, 0.05) is 38.3 Å². The summed E-state index contributed by atoms with van der Waals surface area (Å²) in [5, 5.41) is 3.39. The molecule has 0 unspecified atom stereocenters. The van der Waals surface area contributed by atoms with Crippen LogP contribution < -0.4 is 10.2 Å². The molecule has 4 nitrogen and oxygen atoms in total. The maximum atomic E-state index is 12.4. The number of hydrogen-bond acceptors (Lipinski definition) is 3.